The van der Waals surface area contributed by atoms with Gasteiger partial charge in [-0.2, -0.15) is 0 Å². The summed E-state index contributed by atoms with van der Waals surface area (Å²) in [4.78, 5) is 29.2. The van der Waals surface area contributed by atoms with Crippen molar-refractivity contribution in [1.29, 1.82) is 0 Å². The molecule has 0 aliphatic rings. The summed E-state index contributed by atoms with van der Waals surface area (Å²) >= 11 is 0. The number of rotatable bonds is 29. The molecule has 0 saturated carbocycles. The van der Waals surface area contributed by atoms with Crippen LogP contribution in [0.2, 0.25) is 0 Å². The average molecular weight is 637 g/mol. The predicted molar refractivity (Wildman–Crippen MR) is 181 cm³/mol. The second kappa shape index (κ2) is 28.8. The Bertz CT molecular complexity index is 649. The highest BCUT2D eigenvalue weighted by Gasteiger charge is 2.12. The third kappa shape index (κ3) is 19.8. The van der Waals surface area contributed by atoms with Gasteiger partial charge in [0, 0.05) is 71.9 Å². The molecule has 0 spiro atoms. The second-order valence-electron chi connectivity index (χ2n) is 9.91. The van der Waals surface area contributed by atoms with E-state index in [1.807, 2.05) is 23.6 Å². The van der Waals surface area contributed by atoms with Gasteiger partial charge in [0.15, 0.2) is 0 Å². The molecule has 10 heteroatoms. The van der Waals surface area contributed by atoms with E-state index in [0.29, 0.717) is 12.8 Å². The molecule has 6 nitrogen and oxygen atoms in total. The van der Waals surface area contributed by atoms with Crippen molar-refractivity contribution in [3.63, 3.8) is 0 Å². The standard InChI is InChI=1S/C30H56N2O4S4/c1-5-23-37-39-29(17-21-33)27(3)31(25-35)19-15-13-11-9-7-8-10-12-14-16-20-32(26-36)28(4)30(18-22-34)40-38-24-6-2/h25-26,33-34H,5-24H2,1-4H3/b29-27-,30-28-. The van der Waals surface area contributed by atoms with Crippen molar-refractivity contribution < 1.29 is 19.8 Å². The van der Waals surface area contributed by atoms with Gasteiger partial charge in [-0.1, -0.05) is 108 Å². The number of amides is 2. The molecule has 0 fully saturated rings. The molecule has 0 aromatic rings. The summed E-state index contributed by atoms with van der Waals surface area (Å²) in [6, 6.07) is 0. The summed E-state index contributed by atoms with van der Waals surface area (Å²) in [6.45, 7) is 10.0. The van der Waals surface area contributed by atoms with E-state index in [1.54, 1.807) is 43.2 Å². The van der Waals surface area contributed by atoms with Gasteiger partial charge in [0.25, 0.3) is 0 Å². The van der Waals surface area contributed by atoms with Crippen molar-refractivity contribution in [3.05, 3.63) is 21.2 Å². The van der Waals surface area contributed by atoms with Gasteiger partial charge in [-0.3, -0.25) is 9.59 Å². The Morgan fingerprint density at radius 2 is 0.925 bits per heavy atom. The quantitative estimate of drug-likeness (QED) is 0.0480. The van der Waals surface area contributed by atoms with Crippen LogP contribution in [0.4, 0.5) is 0 Å². The molecule has 0 aliphatic carbocycles. The highest BCUT2D eigenvalue weighted by Crippen LogP contribution is 2.36. The smallest absolute Gasteiger partial charge is 0.213 e. The van der Waals surface area contributed by atoms with Crippen LogP contribution >= 0.6 is 43.2 Å². The predicted octanol–water partition coefficient (Wildman–Crippen LogP) is 8.61. The van der Waals surface area contributed by atoms with Crippen LogP contribution < -0.4 is 0 Å². The van der Waals surface area contributed by atoms with Crippen LogP contribution in [-0.2, 0) is 9.59 Å². The van der Waals surface area contributed by atoms with E-state index < -0.39 is 0 Å². The molecule has 0 unspecified atom stereocenters. The molecule has 0 rings (SSSR count). The third-order valence-electron chi connectivity index (χ3n) is 6.54. The minimum Gasteiger partial charge on any atom is -0.396 e. The molecule has 0 aromatic carbocycles. The maximum absolute atomic E-state index is 11.7. The lowest BCUT2D eigenvalue weighted by atomic mass is 10.1. The number of hydrogen-bond donors (Lipinski definition) is 2. The minimum atomic E-state index is 0.108. The van der Waals surface area contributed by atoms with Crippen LogP contribution in [0.5, 0.6) is 0 Å². The number of nitrogens with zero attached hydrogens (tertiary/aromatic N) is 2. The molecular formula is C30H56N2O4S4. The van der Waals surface area contributed by atoms with Crippen LogP contribution in [0.15, 0.2) is 21.2 Å². The largest absolute Gasteiger partial charge is 0.396 e. The number of allylic oxidation sites excluding steroid dienone is 2. The molecule has 234 valence electrons. The van der Waals surface area contributed by atoms with Gasteiger partial charge in [0.05, 0.1) is 0 Å². The first-order valence-corrected chi connectivity index (χ1v) is 19.8. The monoisotopic (exact) mass is 636 g/mol. The zero-order chi connectivity index (χ0) is 29.8. The van der Waals surface area contributed by atoms with E-state index in [-0.39, 0.29) is 13.2 Å². The lowest BCUT2D eigenvalue weighted by molar-refractivity contribution is -0.117. The van der Waals surface area contributed by atoms with Gasteiger partial charge in [0.1, 0.15) is 0 Å². The highest BCUT2D eigenvalue weighted by atomic mass is 33.1. The summed E-state index contributed by atoms with van der Waals surface area (Å²) in [6.07, 6.45) is 17.0. The maximum atomic E-state index is 11.7. The molecule has 2 N–H and O–H groups in total. The fourth-order valence-electron chi connectivity index (χ4n) is 4.06. The fraction of sp³-hybridized carbons (Fsp3) is 0.800. The number of aliphatic hydroxyl groups is 2. The number of carbonyl (C=O) groups is 2. The molecule has 40 heavy (non-hydrogen) atoms. The van der Waals surface area contributed by atoms with Crippen molar-refractivity contribution >= 4 is 56.0 Å². The molecular weight excluding hydrogens is 581 g/mol. The number of aliphatic hydroxyl groups excluding tert-OH is 2. The topological polar surface area (TPSA) is 81.1 Å². The number of unbranched alkanes of at least 4 members (excludes halogenated alkanes) is 9. The Morgan fingerprint density at radius 1 is 0.600 bits per heavy atom. The Morgan fingerprint density at radius 3 is 1.20 bits per heavy atom. The SMILES string of the molecule is CCCSS/C(CCO)=C(/C)N(C=O)CCCCCCCCCCCCN(C=O)/C(C)=C(/CCO)SSCCC. The van der Waals surface area contributed by atoms with E-state index >= 15 is 0 Å². The van der Waals surface area contributed by atoms with Crippen molar-refractivity contribution in [1.82, 2.24) is 9.80 Å². The van der Waals surface area contributed by atoms with Gasteiger partial charge >= 0.3 is 0 Å². The molecule has 0 atom stereocenters. The van der Waals surface area contributed by atoms with E-state index in [9.17, 15) is 19.8 Å². The zero-order valence-corrected chi connectivity index (χ0v) is 28.8. The zero-order valence-electron chi connectivity index (χ0n) is 25.5. The molecule has 0 heterocycles. The summed E-state index contributed by atoms with van der Waals surface area (Å²) in [5.74, 6) is 2.13. The van der Waals surface area contributed by atoms with Crippen LogP contribution in [0.1, 0.15) is 118 Å². The lowest BCUT2D eigenvalue weighted by Gasteiger charge is -2.21. The molecule has 0 saturated heterocycles. The fourth-order valence-corrected chi connectivity index (χ4v) is 9.25. The Kier molecular flexibility index (Phi) is 28.7. The van der Waals surface area contributed by atoms with Gasteiger partial charge in [-0.05, 0) is 39.5 Å². The average Bonchev–Trinajstić information content (AvgIpc) is 2.96. The van der Waals surface area contributed by atoms with Crippen molar-refractivity contribution in [2.24, 2.45) is 0 Å². The molecule has 2 amide bonds. The first-order valence-electron chi connectivity index (χ1n) is 15.1. The van der Waals surface area contributed by atoms with Gasteiger partial charge in [-0.25, -0.2) is 0 Å². The van der Waals surface area contributed by atoms with Crippen LogP contribution in [-0.4, -0.2) is 70.6 Å². The minimum absolute atomic E-state index is 0.108. The molecule has 0 aromatic heterocycles. The van der Waals surface area contributed by atoms with Gasteiger partial charge < -0.3 is 20.0 Å². The van der Waals surface area contributed by atoms with Crippen molar-refractivity contribution in [3.8, 4) is 0 Å². The normalized spacial score (nSPS) is 12.7. The van der Waals surface area contributed by atoms with E-state index in [4.69, 9.17) is 0 Å². The van der Waals surface area contributed by atoms with Crippen LogP contribution in [0.3, 0.4) is 0 Å². The van der Waals surface area contributed by atoms with Gasteiger partial charge in [0.2, 0.25) is 12.8 Å². The summed E-state index contributed by atoms with van der Waals surface area (Å²) < 4.78 is 0. The van der Waals surface area contributed by atoms with Crippen molar-refractivity contribution in [2.45, 2.75) is 118 Å². The number of hydrogen-bond acceptors (Lipinski definition) is 8. The molecule has 0 radical (unpaired) electrons. The van der Waals surface area contributed by atoms with Crippen LogP contribution in [0.25, 0.3) is 0 Å². The Labute approximate surface area is 261 Å². The van der Waals surface area contributed by atoms with E-state index in [1.165, 1.54) is 38.5 Å². The lowest BCUT2D eigenvalue weighted by Crippen LogP contribution is -2.22. The first-order chi connectivity index (χ1) is 19.5. The Hall–Kier alpha value is -0.260. The second-order valence-corrected chi connectivity index (χ2v) is 14.9. The highest BCUT2D eigenvalue weighted by molar-refractivity contribution is 8.78. The van der Waals surface area contributed by atoms with Crippen molar-refractivity contribution in [2.75, 3.05) is 37.8 Å². The number of carbonyl (C=O) groups excluding carboxylic acids is 2. The first kappa shape index (κ1) is 39.7. The van der Waals surface area contributed by atoms with E-state index in [0.717, 1.165) is 97.1 Å². The summed E-state index contributed by atoms with van der Waals surface area (Å²) in [5.41, 5.74) is 1.96. The molecule has 0 aliphatic heterocycles. The van der Waals surface area contributed by atoms with Gasteiger partial charge in [-0.15, -0.1) is 0 Å². The summed E-state index contributed by atoms with van der Waals surface area (Å²) in [5, 5.41) is 18.8. The third-order valence-corrected chi connectivity index (χ3v) is 12.2. The summed E-state index contributed by atoms with van der Waals surface area (Å²) in [7, 11) is 6.97. The van der Waals surface area contributed by atoms with Crippen LogP contribution in [0, 0.1) is 0 Å². The maximum Gasteiger partial charge on any atom is 0.213 e. The Balaban J connectivity index is 4.13. The van der Waals surface area contributed by atoms with E-state index in [2.05, 4.69) is 13.8 Å². The molecule has 0 bridgehead atoms.